The molecular weight excluding hydrogens is 226 g/mol. The van der Waals surface area contributed by atoms with Gasteiger partial charge in [0.2, 0.25) is 0 Å². The molecule has 0 aliphatic carbocycles. The van der Waals surface area contributed by atoms with Gasteiger partial charge in [-0.25, -0.2) is 0 Å². The SMILES string of the molecule is CCCNCC(C)(CC)OC1CC(C)OC(C)C1. The average molecular weight is 257 g/mol. The lowest BCUT2D eigenvalue weighted by molar-refractivity contribution is -0.152. The van der Waals surface area contributed by atoms with Crippen molar-refractivity contribution in [3.8, 4) is 0 Å². The van der Waals surface area contributed by atoms with Crippen LogP contribution < -0.4 is 5.32 Å². The molecule has 3 nitrogen and oxygen atoms in total. The Kier molecular flexibility index (Phi) is 6.61. The Bertz CT molecular complexity index is 225. The molecule has 108 valence electrons. The van der Waals surface area contributed by atoms with E-state index in [9.17, 15) is 0 Å². The molecule has 1 rings (SSSR count). The van der Waals surface area contributed by atoms with E-state index in [0.29, 0.717) is 18.3 Å². The Balaban J connectivity index is 2.45. The predicted molar refractivity (Wildman–Crippen MR) is 76.0 cm³/mol. The summed E-state index contributed by atoms with van der Waals surface area (Å²) in [6, 6.07) is 0. The molecule has 0 aromatic rings. The number of hydrogen-bond acceptors (Lipinski definition) is 3. The molecule has 0 bridgehead atoms. The van der Waals surface area contributed by atoms with E-state index in [1.165, 1.54) is 6.42 Å². The highest BCUT2D eigenvalue weighted by atomic mass is 16.5. The van der Waals surface area contributed by atoms with Crippen molar-refractivity contribution >= 4 is 0 Å². The summed E-state index contributed by atoms with van der Waals surface area (Å²) in [5.74, 6) is 0. The minimum atomic E-state index is -0.0450. The van der Waals surface area contributed by atoms with Crippen LogP contribution in [-0.4, -0.2) is 37.0 Å². The van der Waals surface area contributed by atoms with Gasteiger partial charge in [-0.3, -0.25) is 0 Å². The Hall–Kier alpha value is -0.120. The van der Waals surface area contributed by atoms with E-state index in [4.69, 9.17) is 9.47 Å². The number of rotatable bonds is 7. The van der Waals surface area contributed by atoms with Gasteiger partial charge in [-0.1, -0.05) is 13.8 Å². The first-order chi connectivity index (χ1) is 8.49. The lowest BCUT2D eigenvalue weighted by atomic mass is 9.98. The number of ether oxygens (including phenoxy) is 2. The molecule has 3 heteroatoms. The van der Waals surface area contributed by atoms with Crippen LogP contribution in [0.2, 0.25) is 0 Å². The van der Waals surface area contributed by atoms with E-state index < -0.39 is 0 Å². The Morgan fingerprint density at radius 3 is 2.33 bits per heavy atom. The van der Waals surface area contributed by atoms with Crippen molar-refractivity contribution in [2.45, 2.75) is 84.2 Å². The van der Waals surface area contributed by atoms with Gasteiger partial charge in [-0.05, 0) is 53.0 Å². The zero-order valence-corrected chi connectivity index (χ0v) is 12.8. The minimum Gasteiger partial charge on any atom is -0.375 e. The van der Waals surface area contributed by atoms with Gasteiger partial charge >= 0.3 is 0 Å². The predicted octanol–water partition coefficient (Wildman–Crippen LogP) is 3.13. The highest BCUT2D eigenvalue weighted by Crippen LogP contribution is 2.27. The monoisotopic (exact) mass is 257 g/mol. The summed E-state index contributed by atoms with van der Waals surface area (Å²) in [5, 5.41) is 3.48. The third-order valence-corrected chi connectivity index (χ3v) is 3.78. The van der Waals surface area contributed by atoms with Gasteiger partial charge in [-0.15, -0.1) is 0 Å². The van der Waals surface area contributed by atoms with Crippen molar-refractivity contribution < 1.29 is 9.47 Å². The quantitative estimate of drug-likeness (QED) is 0.711. The van der Waals surface area contributed by atoms with Gasteiger partial charge in [-0.2, -0.15) is 0 Å². The summed E-state index contributed by atoms with van der Waals surface area (Å²) in [7, 11) is 0. The first kappa shape index (κ1) is 15.9. The van der Waals surface area contributed by atoms with Gasteiger partial charge in [0.05, 0.1) is 23.9 Å². The average Bonchev–Trinajstić information content (AvgIpc) is 2.28. The molecule has 1 saturated heterocycles. The van der Waals surface area contributed by atoms with Crippen LogP contribution in [0.3, 0.4) is 0 Å². The summed E-state index contributed by atoms with van der Waals surface area (Å²) in [6.07, 6.45) is 5.25. The highest BCUT2D eigenvalue weighted by molar-refractivity contribution is 4.82. The molecule has 0 saturated carbocycles. The van der Waals surface area contributed by atoms with Gasteiger partial charge in [0.25, 0.3) is 0 Å². The van der Waals surface area contributed by atoms with Crippen LogP contribution in [0, 0.1) is 0 Å². The second-order valence-corrected chi connectivity index (χ2v) is 5.95. The fourth-order valence-electron chi connectivity index (χ4n) is 2.62. The highest BCUT2D eigenvalue weighted by Gasteiger charge is 2.31. The normalized spacial score (nSPS) is 32.2. The standard InChI is InChI=1S/C15H31NO2/c1-6-8-16-11-15(5,7-2)18-14-9-12(3)17-13(4)10-14/h12-14,16H,6-11H2,1-5H3. The van der Waals surface area contributed by atoms with E-state index in [0.717, 1.165) is 32.4 Å². The smallest absolute Gasteiger partial charge is 0.0779 e. The molecule has 0 amide bonds. The van der Waals surface area contributed by atoms with Gasteiger partial charge < -0.3 is 14.8 Å². The Labute approximate surface area is 113 Å². The molecule has 1 aliphatic rings. The van der Waals surface area contributed by atoms with Crippen LogP contribution >= 0.6 is 0 Å². The molecule has 1 N–H and O–H groups in total. The second kappa shape index (κ2) is 7.46. The first-order valence-electron chi connectivity index (χ1n) is 7.53. The van der Waals surface area contributed by atoms with Crippen LogP contribution in [0.25, 0.3) is 0 Å². The summed E-state index contributed by atoms with van der Waals surface area (Å²) in [5.41, 5.74) is -0.0450. The zero-order valence-electron chi connectivity index (χ0n) is 12.8. The fraction of sp³-hybridized carbons (Fsp3) is 1.00. The first-order valence-corrected chi connectivity index (χ1v) is 7.53. The molecule has 0 spiro atoms. The van der Waals surface area contributed by atoms with Crippen LogP contribution in [0.15, 0.2) is 0 Å². The maximum absolute atomic E-state index is 6.37. The Morgan fingerprint density at radius 2 is 1.83 bits per heavy atom. The molecule has 1 heterocycles. The van der Waals surface area contributed by atoms with Crippen molar-refractivity contribution in [2.75, 3.05) is 13.1 Å². The largest absolute Gasteiger partial charge is 0.375 e. The molecule has 3 atom stereocenters. The van der Waals surface area contributed by atoms with E-state index in [2.05, 4.69) is 39.9 Å². The fourth-order valence-corrected chi connectivity index (χ4v) is 2.62. The maximum atomic E-state index is 6.37. The molecule has 3 unspecified atom stereocenters. The van der Waals surface area contributed by atoms with Crippen LogP contribution in [0.5, 0.6) is 0 Å². The van der Waals surface area contributed by atoms with Crippen molar-refractivity contribution in [1.82, 2.24) is 5.32 Å². The van der Waals surface area contributed by atoms with Gasteiger partial charge in [0.1, 0.15) is 0 Å². The molecule has 0 aromatic heterocycles. The summed E-state index contributed by atoms with van der Waals surface area (Å²) in [4.78, 5) is 0. The Morgan fingerprint density at radius 1 is 1.22 bits per heavy atom. The van der Waals surface area contributed by atoms with E-state index in [-0.39, 0.29) is 5.60 Å². The summed E-state index contributed by atoms with van der Waals surface area (Å²) >= 11 is 0. The number of hydrogen-bond donors (Lipinski definition) is 1. The summed E-state index contributed by atoms with van der Waals surface area (Å²) in [6.45, 7) is 12.9. The minimum absolute atomic E-state index is 0.0450. The van der Waals surface area contributed by atoms with E-state index in [1.54, 1.807) is 0 Å². The topological polar surface area (TPSA) is 30.5 Å². The van der Waals surface area contributed by atoms with Crippen LogP contribution in [0.4, 0.5) is 0 Å². The molecular formula is C15H31NO2. The molecule has 0 aromatic carbocycles. The molecule has 18 heavy (non-hydrogen) atoms. The molecule has 1 fully saturated rings. The third kappa shape index (κ3) is 5.25. The second-order valence-electron chi connectivity index (χ2n) is 5.95. The molecule has 1 aliphatic heterocycles. The summed E-state index contributed by atoms with van der Waals surface area (Å²) < 4.78 is 12.1. The van der Waals surface area contributed by atoms with Gasteiger partial charge in [0.15, 0.2) is 0 Å². The van der Waals surface area contributed by atoms with Crippen LogP contribution in [-0.2, 0) is 9.47 Å². The maximum Gasteiger partial charge on any atom is 0.0779 e. The van der Waals surface area contributed by atoms with Crippen molar-refractivity contribution in [3.63, 3.8) is 0 Å². The lowest BCUT2D eigenvalue weighted by Gasteiger charge is -2.39. The molecule has 0 radical (unpaired) electrons. The van der Waals surface area contributed by atoms with Crippen LogP contribution in [0.1, 0.15) is 60.3 Å². The van der Waals surface area contributed by atoms with E-state index in [1.807, 2.05) is 0 Å². The van der Waals surface area contributed by atoms with Crippen molar-refractivity contribution in [3.05, 3.63) is 0 Å². The van der Waals surface area contributed by atoms with Crippen molar-refractivity contribution in [1.29, 1.82) is 0 Å². The third-order valence-electron chi connectivity index (χ3n) is 3.78. The van der Waals surface area contributed by atoms with E-state index >= 15 is 0 Å². The van der Waals surface area contributed by atoms with Gasteiger partial charge in [0, 0.05) is 6.54 Å². The number of nitrogens with one attached hydrogen (secondary N) is 1. The zero-order chi connectivity index (χ0) is 13.6. The van der Waals surface area contributed by atoms with Crippen molar-refractivity contribution in [2.24, 2.45) is 0 Å². The lowest BCUT2D eigenvalue weighted by Crippen LogP contribution is -2.46.